The van der Waals surface area contributed by atoms with Crippen molar-refractivity contribution in [2.24, 2.45) is 0 Å². The molecule has 1 N–H and O–H groups in total. The summed E-state index contributed by atoms with van der Waals surface area (Å²) in [5, 5.41) is 3.79. The number of hydrogen-bond acceptors (Lipinski definition) is 6. The number of fused-ring (bicyclic) bond motifs is 3. The fourth-order valence-electron chi connectivity index (χ4n) is 3.44. The first-order chi connectivity index (χ1) is 16.1. The van der Waals surface area contributed by atoms with Crippen molar-refractivity contribution in [1.29, 1.82) is 0 Å². The van der Waals surface area contributed by atoms with Crippen molar-refractivity contribution in [3.63, 3.8) is 0 Å². The maximum absolute atomic E-state index is 13.9. The molecule has 2 aromatic carbocycles. The zero-order valence-electron chi connectivity index (χ0n) is 17.2. The van der Waals surface area contributed by atoms with Crippen LogP contribution in [0.25, 0.3) is 20.4 Å². The number of aromatic nitrogens is 3. The number of amides is 1. The largest absolute Gasteiger partial charge is 0.323 e. The van der Waals surface area contributed by atoms with Crippen molar-refractivity contribution < 1.29 is 9.18 Å². The maximum atomic E-state index is 13.9. The summed E-state index contributed by atoms with van der Waals surface area (Å²) in [4.78, 5) is 35.8. The fraction of sp³-hybridized carbons (Fsp3) is 0.0833. The third-order valence-corrected chi connectivity index (χ3v) is 7.05. The average Bonchev–Trinajstić information content (AvgIpc) is 3.21. The quantitative estimate of drug-likeness (QED) is 0.278. The standard InChI is InChI=1S/C24H17FN4O2S2/c25-17-10-4-5-11-18(17)27-19(30)14-32-24-28-20-16-9-6-12-26-22(16)33-21(20)23(31)29(24)13-15-7-2-1-3-8-15/h1-12H,13-14H2,(H,27,30). The first kappa shape index (κ1) is 21.3. The smallest absolute Gasteiger partial charge is 0.272 e. The Balaban J connectivity index is 1.51. The summed E-state index contributed by atoms with van der Waals surface area (Å²) in [5.41, 5.74) is 1.46. The molecule has 0 aliphatic heterocycles. The first-order valence-electron chi connectivity index (χ1n) is 10.1. The van der Waals surface area contributed by atoms with Gasteiger partial charge in [-0.1, -0.05) is 54.2 Å². The van der Waals surface area contributed by atoms with Crippen molar-refractivity contribution in [2.45, 2.75) is 11.7 Å². The van der Waals surface area contributed by atoms with E-state index in [1.54, 1.807) is 29.0 Å². The monoisotopic (exact) mass is 476 g/mol. The molecule has 164 valence electrons. The second kappa shape index (κ2) is 9.13. The average molecular weight is 477 g/mol. The number of thioether (sulfide) groups is 1. The van der Waals surface area contributed by atoms with Gasteiger partial charge in [0.1, 0.15) is 15.3 Å². The predicted molar refractivity (Wildman–Crippen MR) is 130 cm³/mol. The number of thiophene rings is 1. The lowest BCUT2D eigenvalue weighted by Gasteiger charge is -2.12. The van der Waals surface area contributed by atoms with Crippen LogP contribution < -0.4 is 10.9 Å². The van der Waals surface area contributed by atoms with E-state index in [1.165, 1.54) is 23.5 Å². The molecule has 0 unspecified atom stereocenters. The van der Waals surface area contributed by atoms with E-state index in [1.807, 2.05) is 36.4 Å². The SMILES string of the molecule is O=C(CSc1nc2c(sc3ncccc32)c(=O)n1Cc1ccccc1)Nc1ccccc1F. The number of nitrogens with one attached hydrogen (secondary N) is 1. The van der Waals surface area contributed by atoms with E-state index in [0.29, 0.717) is 21.9 Å². The summed E-state index contributed by atoms with van der Waals surface area (Å²) in [6.45, 7) is 0.321. The minimum Gasteiger partial charge on any atom is -0.323 e. The van der Waals surface area contributed by atoms with E-state index in [4.69, 9.17) is 4.98 Å². The Labute approximate surface area is 196 Å². The van der Waals surface area contributed by atoms with Gasteiger partial charge < -0.3 is 5.32 Å². The number of para-hydroxylation sites is 1. The van der Waals surface area contributed by atoms with Crippen molar-refractivity contribution in [1.82, 2.24) is 14.5 Å². The van der Waals surface area contributed by atoms with Gasteiger partial charge >= 0.3 is 0 Å². The molecule has 6 nitrogen and oxygen atoms in total. The molecule has 0 atom stereocenters. The highest BCUT2D eigenvalue weighted by Crippen LogP contribution is 2.30. The van der Waals surface area contributed by atoms with Gasteiger partial charge in [0.05, 0.1) is 23.5 Å². The molecule has 0 spiro atoms. The van der Waals surface area contributed by atoms with Gasteiger partial charge in [0.2, 0.25) is 5.91 Å². The predicted octanol–water partition coefficient (Wildman–Crippen LogP) is 4.92. The van der Waals surface area contributed by atoms with Crippen LogP contribution in [-0.2, 0) is 11.3 Å². The van der Waals surface area contributed by atoms with E-state index >= 15 is 0 Å². The topological polar surface area (TPSA) is 76.9 Å². The number of anilines is 1. The first-order valence-corrected chi connectivity index (χ1v) is 11.9. The second-order valence-electron chi connectivity index (χ2n) is 7.22. The Hall–Kier alpha value is -3.56. The fourth-order valence-corrected chi connectivity index (χ4v) is 5.26. The molecule has 0 bridgehead atoms. The minimum atomic E-state index is -0.506. The number of nitrogens with zero attached hydrogens (tertiary/aromatic N) is 3. The Morgan fingerprint density at radius 2 is 1.85 bits per heavy atom. The summed E-state index contributed by atoms with van der Waals surface area (Å²) in [7, 11) is 0. The number of halogens is 1. The van der Waals surface area contributed by atoms with Crippen LogP contribution in [0.4, 0.5) is 10.1 Å². The Kier molecular flexibility index (Phi) is 5.89. The van der Waals surface area contributed by atoms with Gasteiger partial charge in [0, 0.05) is 11.6 Å². The zero-order valence-corrected chi connectivity index (χ0v) is 18.8. The van der Waals surface area contributed by atoms with Gasteiger partial charge in [-0.2, -0.15) is 0 Å². The molecular weight excluding hydrogens is 459 g/mol. The molecule has 5 aromatic rings. The molecule has 0 saturated carbocycles. The lowest BCUT2D eigenvalue weighted by molar-refractivity contribution is -0.113. The normalized spacial score (nSPS) is 11.2. The van der Waals surface area contributed by atoms with Crippen LogP contribution in [0.15, 0.2) is 82.9 Å². The van der Waals surface area contributed by atoms with Gasteiger partial charge in [-0.15, -0.1) is 11.3 Å². The zero-order chi connectivity index (χ0) is 22.8. The number of carbonyl (C=O) groups is 1. The van der Waals surface area contributed by atoms with Crippen LogP contribution in [0.5, 0.6) is 0 Å². The third-order valence-electron chi connectivity index (χ3n) is 4.98. The van der Waals surface area contributed by atoms with Crippen LogP contribution in [0.1, 0.15) is 5.56 Å². The summed E-state index contributed by atoms with van der Waals surface area (Å²) in [5.74, 6) is -0.919. The number of rotatable bonds is 6. The number of pyridine rings is 1. The van der Waals surface area contributed by atoms with Crippen LogP contribution in [-0.4, -0.2) is 26.2 Å². The molecule has 3 aromatic heterocycles. The van der Waals surface area contributed by atoms with Gasteiger partial charge in [-0.25, -0.2) is 14.4 Å². The lowest BCUT2D eigenvalue weighted by Crippen LogP contribution is -2.24. The van der Waals surface area contributed by atoms with E-state index < -0.39 is 5.82 Å². The molecule has 0 fully saturated rings. The van der Waals surface area contributed by atoms with Crippen molar-refractivity contribution >= 4 is 55.1 Å². The number of benzene rings is 2. The highest BCUT2D eigenvalue weighted by Gasteiger charge is 2.18. The molecule has 0 saturated heterocycles. The Bertz CT molecular complexity index is 1530. The van der Waals surface area contributed by atoms with Gasteiger partial charge in [-0.3, -0.25) is 14.2 Å². The summed E-state index contributed by atoms with van der Waals surface area (Å²) < 4.78 is 16.0. The summed E-state index contributed by atoms with van der Waals surface area (Å²) in [6, 6.07) is 19.3. The lowest BCUT2D eigenvalue weighted by atomic mass is 10.2. The molecule has 0 aliphatic carbocycles. The van der Waals surface area contributed by atoms with Crippen molar-refractivity contribution in [3.05, 3.63) is 94.7 Å². The van der Waals surface area contributed by atoms with Gasteiger partial charge in [0.25, 0.3) is 5.56 Å². The minimum absolute atomic E-state index is 0.0264. The van der Waals surface area contributed by atoms with Crippen molar-refractivity contribution in [2.75, 3.05) is 11.1 Å². The van der Waals surface area contributed by atoms with E-state index in [2.05, 4.69) is 10.3 Å². The third kappa shape index (κ3) is 4.37. The second-order valence-corrected chi connectivity index (χ2v) is 9.17. The Morgan fingerprint density at radius 1 is 1.06 bits per heavy atom. The molecule has 3 heterocycles. The highest BCUT2D eigenvalue weighted by molar-refractivity contribution is 7.99. The van der Waals surface area contributed by atoms with Crippen LogP contribution in [0, 0.1) is 5.82 Å². The van der Waals surface area contributed by atoms with Crippen LogP contribution >= 0.6 is 23.1 Å². The molecule has 5 rings (SSSR count). The van der Waals surface area contributed by atoms with Crippen molar-refractivity contribution in [3.8, 4) is 0 Å². The molecule has 1 amide bonds. The van der Waals surface area contributed by atoms with E-state index in [-0.39, 0.29) is 22.9 Å². The number of hydrogen-bond donors (Lipinski definition) is 1. The van der Waals surface area contributed by atoms with Gasteiger partial charge in [0.15, 0.2) is 5.16 Å². The Morgan fingerprint density at radius 3 is 2.67 bits per heavy atom. The molecular formula is C24H17FN4O2S2. The highest BCUT2D eigenvalue weighted by atomic mass is 32.2. The van der Waals surface area contributed by atoms with E-state index in [0.717, 1.165) is 27.5 Å². The number of carbonyl (C=O) groups excluding carboxylic acids is 1. The van der Waals surface area contributed by atoms with Crippen LogP contribution in [0.3, 0.4) is 0 Å². The van der Waals surface area contributed by atoms with Crippen LogP contribution in [0.2, 0.25) is 0 Å². The summed E-state index contributed by atoms with van der Waals surface area (Å²) in [6.07, 6.45) is 1.68. The molecule has 9 heteroatoms. The molecule has 0 radical (unpaired) electrons. The maximum Gasteiger partial charge on any atom is 0.272 e. The van der Waals surface area contributed by atoms with E-state index in [9.17, 15) is 14.0 Å². The summed E-state index contributed by atoms with van der Waals surface area (Å²) >= 11 is 2.45. The van der Waals surface area contributed by atoms with Gasteiger partial charge in [-0.05, 0) is 29.8 Å². The molecule has 0 aliphatic rings. The molecule has 33 heavy (non-hydrogen) atoms.